The maximum absolute atomic E-state index is 11.9. The molecule has 120 valence electrons. The van der Waals surface area contributed by atoms with Gasteiger partial charge in [-0.2, -0.15) is 0 Å². The lowest BCUT2D eigenvalue weighted by molar-refractivity contribution is -0.148. The van der Waals surface area contributed by atoms with E-state index in [9.17, 15) is 4.79 Å². The third-order valence-corrected chi connectivity index (χ3v) is 3.76. The second-order valence-electron chi connectivity index (χ2n) is 5.86. The van der Waals surface area contributed by atoms with Crippen LogP contribution in [-0.4, -0.2) is 50.2 Å². The molecule has 0 amide bonds. The molecular weight excluding hydrogens is 252 g/mol. The molecule has 0 radical (unpaired) electrons. The standard InChI is InChI=1S/C16H34N2O2/c1-6-8-13-18(4)14-10-9-11-16(3,15(19)20-5)17-12-7-2/h17H,6-14H2,1-5H3. The Labute approximate surface area is 125 Å². The quantitative estimate of drug-likeness (QED) is 0.442. The van der Waals surface area contributed by atoms with Gasteiger partial charge in [-0.25, -0.2) is 0 Å². The summed E-state index contributed by atoms with van der Waals surface area (Å²) in [6.45, 7) is 9.39. The van der Waals surface area contributed by atoms with Crippen LogP contribution in [0.3, 0.4) is 0 Å². The van der Waals surface area contributed by atoms with E-state index in [1.54, 1.807) is 0 Å². The summed E-state index contributed by atoms with van der Waals surface area (Å²) in [6, 6.07) is 0. The molecule has 0 aliphatic carbocycles. The van der Waals surface area contributed by atoms with Gasteiger partial charge in [0.1, 0.15) is 5.54 Å². The number of hydrogen-bond acceptors (Lipinski definition) is 4. The van der Waals surface area contributed by atoms with E-state index in [1.807, 2.05) is 6.92 Å². The Morgan fingerprint density at radius 3 is 2.35 bits per heavy atom. The van der Waals surface area contributed by atoms with Crippen molar-refractivity contribution in [3.8, 4) is 0 Å². The van der Waals surface area contributed by atoms with Crippen molar-refractivity contribution in [1.82, 2.24) is 10.2 Å². The number of nitrogens with zero attached hydrogens (tertiary/aromatic N) is 1. The van der Waals surface area contributed by atoms with E-state index in [2.05, 4.69) is 31.1 Å². The van der Waals surface area contributed by atoms with Crippen molar-refractivity contribution < 1.29 is 9.53 Å². The Hall–Kier alpha value is -0.610. The average Bonchev–Trinajstić information content (AvgIpc) is 2.46. The molecule has 0 aliphatic heterocycles. The molecule has 0 aromatic heterocycles. The van der Waals surface area contributed by atoms with E-state index < -0.39 is 5.54 Å². The maximum atomic E-state index is 11.9. The number of carbonyl (C=O) groups is 1. The highest BCUT2D eigenvalue weighted by atomic mass is 16.5. The van der Waals surface area contributed by atoms with Crippen LogP contribution < -0.4 is 5.32 Å². The van der Waals surface area contributed by atoms with Crippen molar-refractivity contribution >= 4 is 5.97 Å². The average molecular weight is 286 g/mol. The van der Waals surface area contributed by atoms with Crippen molar-refractivity contribution in [2.45, 2.75) is 64.8 Å². The minimum absolute atomic E-state index is 0.148. The van der Waals surface area contributed by atoms with Crippen LogP contribution >= 0.6 is 0 Å². The van der Waals surface area contributed by atoms with Gasteiger partial charge in [0.2, 0.25) is 0 Å². The third-order valence-electron chi connectivity index (χ3n) is 3.76. The number of methoxy groups -OCH3 is 1. The van der Waals surface area contributed by atoms with Crippen LogP contribution in [0.15, 0.2) is 0 Å². The second-order valence-corrected chi connectivity index (χ2v) is 5.86. The number of hydrogen-bond donors (Lipinski definition) is 1. The Kier molecular flexibility index (Phi) is 10.8. The second kappa shape index (κ2) is 11.1. The van der Waals surface area contributed by atoms with Gasteiger partial charge in [-0.15, -0.1) is 0 Å². The Morgan fingerprint density at radius 2 is 1.80 bits per heavy atom. The monoisotopic (exact) mass is 286 g/mol. The molecule has 20 heavy (non-hydrogen) atoms. The molecule has 0 aromatic rings. The zero-order valence-corrected chi connectivity index (χ0v) is 14.1. The molecule has 0 rings (SSSR count). The van der Waals surface area contributed by atoms with E-state index in [0.29, 0.717) is 0 Å². The van der Waals surface area contributed by atoms with Gasteiger partial charge in [0, 0.05) is 0 Å². The van der Waals surface area contributed by atoms with E-state index >= 15 is 0 Å². The first kappa shape index (κ1) is 19.4. The normalized spacial score (nSPS) is 14.3. The molecule has 4 nitrogen and oxygen atoms in total. The van der Waals surface area contributed by atoms with Crippen molar-refractivity contribution in [3.05, 3.63) is 0 Å². The molecule has 0 fully saturated rings. The summed E-state index contributed by atoms with van der Waals surface area (Å²) in [5, 5.41) is 3.33. The predicted molar refractivity (Wildman–Crippen MR) is 85.0 cm³/mol. The van der Waals surface area contributed by atoms with Gasteiger partial charge in [-0.3, -0.25) is 4.79 Å². The molecule has 0 saturated heterocycles. The third kappa shape index (κ3) is 7.85. The maximum Gasteiger partial charge on any atom is 0.325 e. The van der Waals surface area contributed by atoms with E-state index in [1.165, 1.54) is 26.5 Å². The molecule has 0 heterocycles. The SMILES string of the molecule is CCCCN(C)CCCCC(C)(NCCC)C(=O)OC. The smallest absolute Gasteiger partial charge is 0.325 e. The largest absolute Gasteiger partial charge is 0.468 e. The lowest BCUT2D eigenvalue weighted by atomic mass is 9.94. The summed E-state index contributed by atoms with van der Waals surface area (Å²) in [7, 11) is 3.64. The van der Waals surface area contributed by atoms with Crippen molar-refractivity contribution in [3.63, 3.8) is 0 Å². The van der Waals surface area contributed by atoms with Gasteiger partial charge in [0.05, 0.1) is 7.11 Å². The number of esters is 1. The lowest BCUT2D eigenvalue weighted by Crippen LogP contribution is -2.50. The minimum Gasteiger partial charge on any atom is -0.468 e. The highest BCUT2D eigenvalue weighted by Gasteiger charge is 2.32. The minimum atomic E-state index is -0.535. The molecule has 1 atom stereocenters. The summed E-state index contributed by atoms with van der Waals surface area (Å²) < 4.78 is 4.93. The Bertz CT molecular complexity index is 259. The number of carbonyl (C=O) groups excluding carboxylic acids is 1. The van der Waals surface area contributed by atoms with Crippen molar-refractivity contribution in [1.29, 1.82) is 0 Å². The molecule has 0 bridgehead atoms. The van der Waals surface area contributed by atoms with Crippen LogP contribution in [0.4, 0.5) is 0 Å². The van der Waals surface area contributed by atoms with E-state index in [-0.39, 0.29) is 5.97 Å². The van der Waals surface area contributed by atoms with Crippen LogP contribution in [-0.2, 0) is 9.53 Å². The Morgan fingerprint density at radius 1 is 1.15 bits per heavy atom. The van der Waals surface area contributed by atoms with Crippen LogP contribution in [0.1, 0.15) is 59.3 Å². The zero-order chi connectivity index (χ0) is 15.4. The van der Waals surface area contributed by atoms with Crippen LogP contribution in [0, 0.1) is 0 Å². The topological polar surface area (TPSA) is 41.6 Å². The molecule has 0 spiro atoms. The van der Waals surface area contributed by atoms with Gasteiger partial charge in [0.15, 0.2) is 0 Å². The summed E-state index contributed by atoms with van der Waals surface area (Å²) in [5.41, 5.74) is -0.535. The van der Waals surface area contributed by atoms with Gasteiger partial charge in [-0.1, -0.05) is 20.3 Å². The first-order valence-corrected chi connectivity index (χ1v) is 8.02. The molecule has 0 aromatic carbocycles. The Balaban J connectivity index is 4.04. The fraction of sp³-hybridized carbons (Fsp3) is 0.938. The van der Waals surface area contributed by atoms with Crippen LogP contribution in [0.5, 0.6) is 0 Å². The molecular formula is C16H34N2O2. The number of rotatable bonds is 12. The predicted octanol–water partition coefficient (Wildman–Crippen LogP) is 2.82. The van der Waals surface area contributed by atoms with Crippen molar-refractivity contribution in [2.24, 2.45) is 0 Å². The van der Waals surface area contributed by atoms with Crippen LogP contribution in [0.25, 0.3) is 0 Å². The first-order valence-electron chi connectivity index (χ1n) is 8.02. The molecule has 0 aliphatic rings. The van der Waals surface area contributed by atoms with Crippen LogP contribution in [0.2, 0.25) is 0 Å². The molecule has 0 saturated carbocycles. The summed E-state index contributed by atoms with van der Waals surface area (Å²) in [4.78, 5) is 14.3. The number of nitrogens with one attached hydrogen (secondary N) is 1. The van der Waals surface area contributed by atoms with Gasteiger partial charge < -0.3 is 15.0 Å². The fourth-order valence-electron chi connectivity index (χ4n) is 2.29. The molecule has 1 N–H and O–H groups in total. The van der Waals surface area contributed by atoms with E-state index in [4.69, 9.17) is 4.74 Å². The van der Waals surface area contributed by atoms with E-state index in [0.717, 1.165) is 38.8 Å². The van der Waals surface area contributed by atoms with Gasteiger partial charge >= 0.3 is 5.97 Å². The summed E-state index contributed by atoms with van der Waals surface area (Å²) in [6.07, 6.45) is 6.52. The molecule has 4 heteroatoms. The lowest BCUT2D eigenvalue weighted by Gasteiger charge is -2.28. The highest BCUT2D eigenvalue weighted by Crippen LogP contribution is 2.16. The summed E-state index contributed by atoms with van der Waals surface area (Å²) in [5.74, 6) is -0.148. The fourth-order valence-corrected chi connectivity index (χ4v) is 2.29. The number of unbranched alkanes of at least 4 members (excludes halogenated alkanes) is 2. The molecule has 1 unspecified atom stereocenters. The zero-order valence-electron chi connectivity index (χ0n) is 14.1. The number of ether oxygens (including phenoxy) is 1. The van der Waals surface area contributed by atoms with Crippen molar-refractivity contribution in [2.75, 3.05) is 33.8 Å². The van der Waals surface area contributed by atoms with Gasteiger partial charge in [0.25, 0.3) is 0 Å². The first-order chi connectivity index (χ1) is 9.50. The van der Waals surface area contributed by atoms with Gasteiger partial charge in [-0.05, 0) is 65.7 Å². The summed E-state index contributed by atoms with van der Waals surface area (Å²) >= 11 is 0. The highest BCUT2D eigenvalue weighted by molar-refractivity contribution is 5.80.